The van der Waals surface area contributed by atoms with Crippen molar-refractivity contribution in [2.75, 3.05) is 24.6 Å². The number of hydrogen-bond donors (Lipinski definition) is 1. The third kappa shape index (κ3) is 2.64. The standard InChI is InChI=1S/C14H19NO/c16-12-6-8-13-7-2-3-9-14(13)15-10-4-1-5-11-15/h2-3,6-9,16H,1,4-5,10-12H2. The van der Waals surface area contributed by atoms with Crippen LogP contribution < -0.4 is 4.90 Å². The average molecular weight is 217 g/mol. The lowest BCUT2D eigenvalue weighted by Gasteiger charge is -2.30. The van der Waals surface area contributed by atoms with Crippen molar-refractivity contribution in [1.29, 1.82) is 0 Å². The van der Waals surface area contributed by atoms with Gasteiger partial charge in [-0.3, -0.25) is 0 Å². The maximum absolute atomic E-state index is 8.83. The van der Waals surface area contributed by atoms with E-state index in [-0.39, 0.29) is 6.61 Å². The summed E-state index contributed by atoms with van der Waals surface area (Å²) in [5.74, 6) is 0. The molecule has 16 heavy (non-hydrogen) atoms. The molecule has 2 heteroatoms. The Labute approximate surface area is 97.2 Å². The second-order valence-electron chi connectivity index (χ2n) is 4.19. The van der Waals surface area contributed by atoms with Gasteiger partial charge in [0.2, 0.25) is 0 Å². The van der Waals surface area contributed by atoms with E-state index in [1.807, 2.05) is 12.1 Å². The van der Waals surface area contributed by atoms with Crippen LogP contribution in [0.4, 0.5) is 5.69 Å². The SMILES string of the molecule is OCC=Cc1ccccc1N1CCCCC1. The molecule has 0 saturated carbocycles. The van der Waals surface area contributed by atoms with Gasteiger partial charge < -0.3 is 10.0 Å². The summed E-state index contributed by atoms with van der Waals surface area (Å²) in [5, 5.41) is 8.83. The first kappa shape index (κ1) is 11.2. The van der Waals surface area contributed by atoms with E-state index in [4.69, 9.17) is 5.11 Å². The second kappa shape index (κ2) is 5.71. The van der Waals surface area contributed by atoms with Crippen molar-refractivity contribution >= 4 is 11.8 Å². The maximum atomic E-state index is 8.83. The summed E-state index contributed by atoms with van der Waals surface area (Å²) in [4.78, 5) is 2.44. The van der Waals surface area contributed by atoms with Crippen molar-refractivity contribution < 1.29 is 5.11 Å². The van der Waals surface area contributed by atoms with Crippen molar-refractivity contribution in [3.8, 4) is 0 Å². The van der Waals surface area contributed by atoms with E-state index in [2.05, 4.69) is 23.1 Å². The molecule has 0 radical (unpaired) electrons. The molecule has 0 bridgehead atoms. The first-order valence-electron chi connectivity index (χ1n) is 6.03. The van der Waals surface area contributed by atoms with Crippen LogP contribution in [0.15, 0.2) is 30.3 Å². The number of rotatable bonds is 3. The number of piperidine rings is 1. The third-order valence-electron chi connectivity index (χ3n) is 3.04. The monoisotopic (exact) mass is 217 g/mol. The maximum Gasteiger partial charge on any atom is 0.0615 e. The quantitative estimate of drug-likeness (QED) is 0.841. The second-order valence-corrected chi connectivity index (χ2v) is 4.19. The third-order valence-corrected chi connectivity index (χ3v) is 3.04. The van der Waals surface area contributed by atoms with Gasteiger partial charge in [0.15, 0.2) is 0 Å². The molecular formula is C14H19NO. The summed E-state index contributed by atoms with van der Waals surface area (Å²) in [5.41, 5.74) is 2.50. The predicted octanol–water partition coefficient (Wildman–Crippen LogP) is 2.68. The Hall–Kier alpha value is -1.28. The van der Waals surface area contributed by atoms with Crippen LogP contribution in [0.2, 0.25) is 0 Å². The molecule has 2 nitrogen and oxygen atoms in total. The molecule has 0 atom stereocenters. The molecule has 0 spiro atoms. The summed E-state index contributed by atoms with van der Waals surface area (Å²) >= 11 is 0. The molecular weight excluding hydrogens is 198 g/mol. The van der Waals surface area contributed by atoms with Crippen molar-refractivity contribution in [2.45, 2.75) is 19.3 Å². The highest BCUT2D eigenvalue weighted by Crippen LogP contribution is 2.24. The molecule has 1 N–H and O–H groups in total. The number of aliphatic hydroxyl groups is 1. The molecule has 0 aromatic heterocycles. The normalized spacial score (nSPS) is 16.9. The number of aliphatic hydroxyl groups excluding tert-OH is 1. The fraction of sp³-hybridized carbons (Fsp3) is 0.429. The molecule has 1 aromatic rings. The molecule has 0 amide bonds. The van der Waals surface area contributed by atoms with Crippen molar-refractivity contribution in [1.82, 2.24) is 0 Å². The number of para-hydroxylation sites is 1. The van der Waals surface area contributed by atoms with Gasteiger partial charge in [-0.15, -0.1) is 0 Å². The van der Waals surface area contributed by atoms with Gasteiger partial charge in [-0.25, -0.2) is 0 Å². The summed E-state index contributed by atoms with van der Waals surface area (Å²) in [7, 11) is 0. The molecule has 1 heterocycles. The Morgan fingerprint density at radius 1 is 1.12 bits per heavy atom. The lowest BCUT2D eigenvalue weighted by atomic mass is 10.1. The van der Waals surface area contributed by atoms with Crippen LogP contribution in [0.5, 0.6) is 0 Å². The van der Waals surface area contributed by atoms with Gasteiger partial charge in [-0.1, -0.05) is 30.4 Å². The predicted molar refractivity (Wildman–Crippen MR) is 68.6 cm³/mol. The van der Waals surface area contributed by atoms with Crippen LogP contribution >= 0.6 is 0 Å². The number of nitrogens with zero attached hydrogens (tertiary/aromatic N) is 1. The Balaban J connectivity index is 2.20. The van der Waals surface area contributed by atoms with E-state index in [1.54, 1.807) is 6.08 Å². The van der Waals surface area contributed by atoms with Crippen molar-refractivity contribution in [3.63, 3.8) is 0 Å². The van der Waals surface area contributed by atoms with Crippen LogP contribution in [0, 0.1) is 0 Å². The molecule has 0 unspecified atom stereocenters. The van der Waals surface area contributed by atoms with Crippen LogP contribution in [0.3, 0.4) is 0 Å². The van der Waals surface area contributed by atoms with E-state index in [9.17, 15) is 0 Å². The lowest BCUT2D eigenvalue weighted by molar-refractivity contribution is 0.343. The zero-order valence-corrected chi connectivity index (χ0v) is 9.60. The number of benzene rings is 1. The number of anilines is 1. The van der Waals surface area contributed by atoms with Crippen molar-refractivity contribution in [2.24, 2.45) is 0 Å². The van der Waals surface area contributed by atoms with Crippen LogP contribution in [-0.2, 0) is 0 Å². The summed E-state index contributed by atoms with van der Waals surface area (Å²) in [6, 6.07) is 8.41. The van der Waals surface area contributed by atoms with Gasteiger partial charge in [-0.05, 0) is 30.9 Å². The van der Waals surface area contributed by atoms with Crippen LogP contribution in [0.25, 0.3) is 6.08 Å². The van der Waals surface area contributed by atoms with Gasteiger partial charge >= 0.3 is 0 Å². The van der Waals surface area contributed by atoms with Gasteiger partial charge in [-0.2, -0.15) is 0 Å². The van der Waals surface area contributed by atoms with E-state index >= 15 is 0 Å². The Bertz CT molecular complexity index is 354. The van der Waals surface area contributed by atoms with Gasteiger partial charge in [0.1, 0.15) is 0 Å². The lowest BCUT2D eigenvalue weighted by Crippen LogP contribution is -2.29. The zero-order valence-electron chi connectivity index (χ0n) is 9.60. The molecule has 1 aromatic carbocycles. The minimum absolute atomic E-state index is 0.105. The highest BCUT2D eigenvalue weighted by atomic mass is 16.2. The first-order chi connectivity index (χ1) is 7.92. The Morgan fingerprint density at radius 3 is 2.62 bits per heavy atom. The van der Waals surface area contributed by atoms with Crippen LogP contribution in [-0.4, -0.2) is 24.8 Å². The first-order valence-corrected chi connectivity index (χ1v) is 6.03. The van der Waals surface area contributed by atoms with E-state index < -0.39 is 0 Å². The van der Waals surface area contributed by atoms with Gasteiger partial charge in [0.05, 0.1) is 6.61 Å². The van der Waals surface area contributed by atoms with Gasteiger partial charge in [0.25, 0.3) is 0 Å². The summed E-state index contributed by atoms with van der Waals surface area (Å²) in [6.45, 7) is 2.42. The Morgan fingerprint density at radius 2 is 1.88 bits per heavy atom. The fourth-order valence-corrected chi connectivity index (χ4v) is 2.23. The molecule has 2 rings (SSSR count). The smallest absolute Gasteiger partial charge is 0.0615 e. The molecule has 1 fully saturated rings. The van der Waals surface area contributed by atoms with Crippen molar-refractivity contribution in [3.05, 3.63) is 35.9 Å². The minimum Gasteiger partial charge on any atom is -0.392 e. The minimum atomic E-state index is 0.105. The van der Waals surface area contributed by atoms with E-state index in [1.165, 1.54) is 30.5 Å². The van der Waals surface area contributed by atoms with Crippen LogP contribution in [0.1, 0.15) is 24.8 Å². The van der Waals surface area contributed by atoms with E-state index in [0.717, 1.165) is 13.1 Å². The highest BCUT2D eigenvalue weighted by molar-refractivity contribution is 5.67. The Kier molecular flexibility index (Phi) is 4.00. The van der Waals surface area contributed by atoms with Gasteiger partial charge in [0, 0.05) is 18.8 Å². The summed E-state index contributed by atoms with van der Waals surface area (Å²) < 4.78 is 0. The molecule has 1 aliphatic heterocycles. The van der Waals surface area contributed by atoms with E-state index in [0.29, 0.717) is 0 Å². The molecule has 86 valence electrons. The zero-order chi connectivity index (χ0) is 11.2. The number of hydrogen-bond acceptors (Lipinski definition) is 2. The topological polar surface area (TPSA) is 23.5 Å². The average Bonchev–Trinajstić information content (AvgIpc) is 2.38. The molecule has 1 aliphatic rings. The summed E-state index contributed by atoms with van der Waals surface area (Å²) in [6.07, 6.45) is 7.73. The fourth-order valence-electron chi connectivity index (χ4n) is 2.23. The largest absolute Gasteiger partial charge is 0.392 e. The molecule has 0 aliphatic carbocycles. The molecule has 1 saturated heterocycles. The highest BCUT2D eigenvalue weighted by Gasteiger charge is 2.12.